The zero-order chi connectivity index (χ0) is 51.7. The molecular weight excluding hydrogens is 899 g/mol. The smallest absolute Gasteiger partial charge is 0.329 e. The molecule has 70 heavy (non-hydrogen) atoms. The molecule has 15 atom stereocenters. The first kappa shape index (κ1) is 59.2. The lowest BCUT2D eigenvalue weighted by Crippen LogP contribution is -2.61. The number of hydrogen-bond donors (Lipinski definition) is 3. The molecular formula is C55H87NO14. The monoisotopic (exact) mass is 986 g/mol. The Labute approximate surface area is 417 Å². The minimum absolute atomic E-state index is 0.00309. The Bertz CT molecular complexity index is 1840. The number of cyclic esters (lactones) is 1. The van der Waals surface area contributed by atoms with Gasteiger partial charge in [-0.1, -0.05) is 78.0 Å². The van der Waals surface area contributed by atoms with Crippen molar-refractivity contribution in [1.29, 1.82) is 0 Å². The van der Waals surface area contributed by atoms with E-state index >= 15 is 0 Å². The van der Waals surface area contributed by atoms with E-state index < -0.39 is 83.9 Å². The van der Waals surface area contributed by atoms with Crippen LogP contribution in [-0.2, 0) is 52.4 Å². The molecule has 0 radical (unpaired) electrons. The minimum Gasteiger partial charge on any atom is -0.460 e. The first-order valence-corrected chi connectivity index (χ1v) is 26.1. The van der Waals surface area contributed by atoms with Crippen molar-refractivity contribution < 1.29 is 67.7 Å². The third-order valence-electron chi connectivity index (χ3n) is 15.1. The van der Waals surface area contributed by atoms with Crippen molar-refractivity contribution in [2.45, 2.75) is 193 Å². The Morgan fingerprint density at radius 1 is 0.857 bits per heavy atom. The van der Waals surface area contributed by atoms with Crippen LogP contribution in [0.4, 0.5) is 0 Å². The van der Waals surface area contributed by atoms with Gasteiger partial charge >= 0.3 is 5.97 Å². The van der Waals surface area contributed by atoms with E-state index in [1.165, 1.54) is 12.0 Å². The normalized spacial score (nSPS) is 38.4. The van der Waals surface area contributed by atoms with Crippen LogP contribution < -0.4 is 0 Å². The van der Waals surface area contributed by atoms with Crippen molar-refractivity contribution in [2.75, 3.05) is 40.6 Å². The quantitative estimate of drug-likeness (QED) is 0.0828. The number of ether oxygens (including phenoxy) is 6. The van der Waals surface area contributed by atoms with Gasteiger partial charge in [0.25, 0.3) is 11.7 Å². The largest absolute Gasteiger partial charge is 0.460 e. The number of nitrogens with zero attached hydrogens (tertiary/aromatic N) is 1. The summed E-state index contributed by atoms with van der Waals surface area (Å²) in [6.07, 6.45) is 11.8. The Hall–Kier alpha value is -3.41. The molecule has 15 heteroatoms. The molecule has 1 aliphatic carbocycles. The fourth-order valence-corrected chi connectivity index (χ4v) is 10.5. The highest BCUT2D eigenvalue weighted by Gasteiger charge is 2.53. The Morgan fingerprint density at radius 3 is 2.30 bits per heavy atom. The second-order valence-corrected chi connectivity index (χ2v) is 20.8. The summed E-state index contributed by atoms with van der Waals surface area (Å²) in [5, 5.41) is 34.1. The number of aliphatic hydroxyl groups excluding tert-OH is 2. The molecule has 3 N–H and O–H groups in total. The lowest BCUT2D eigenvalue weighted by atomic mass is 9.78. The number of carbonyl (C=O) groups excluding carboxylic acids is 5. The number of ketones is 3. The van der Waals surface area contributed by atoms with Gasteiger partial charge in [0.05, 0.1) is 37.6 Å². The fraction of sp³-hybridized carbons (Fsp3) is 0.764. The van der Waals surface area contributed by atoms with Gasteiger partial charge in [-0.05, 0) is 113 Å². The highest BCUT2D eigenvalue weighted by molar-refractivity contribution is 6.39. The number of methoxy groups -OCH3 is 2. The Balaban J connectivity index is 1.71. The Kier molecular flexibility index (Phi) is 24.3. The van der Waals surface area contributed by atoms with Crippen LogP contribution in [0.2, 0.25) is 0 Å². The molecule has 2 bridgehead atoms. The van der Waals surface area contributed by atoms with Crippen LogP contribution in [-0.4, -0.2) is 145 Å². The summed E-state index contributed by atoms with van der Waals surface area (Å²) in [5.74, 6) is -8.09. The molecule has 0 aromatic carbocycles. The van der Waals surface area contributed by atoms with Crippen LogP contribution >= 0.6 is 0 Å². The second kappa shape index (κ2) is 28.7. The number of amides is 1. The molecule has 1 amide bonds. The van der Waals surface area contributed by atoms with Gasteiger partial charge in [-0.3, -0.25) is 19.2 Å². The van der Waals surface area contributed by atoms with E-state index in [-0.39, 0.29) is 61.2 Å². The number of fused-ring (bicyclic) bond motifs is 3. The summed E-state index contributed by atoms with van der Waals surface area (Å²) in [4.78, 5) is 72.4. The van der Waals surface area contributed by atoms with Crippen LogP contribution in [0.5, 0.6) is 0 Å². The number of carbonyl (C=O) groups is 5. The van der Waals surface area contributed by atoms with Gasteiger partial charge in [0, 0.05) is 58.0 Å². The van der Waals surface area contributed by atoms with Crippen LogP contribution in [0.15, 0.2) is 47.6 Å². The highest BCUT2D eigenvalue weighted by atomic mass is 16.6. The number of aliphatic hydroxyl groups is 3. The molecule has 2 saturated heterocycles. The number of allylic oxidation sites excluding steroid dienone is 6. The molecule has 4 aliphatic rings. The highest BCUT2D eigenvalue weighted by Crippen LogP contribution is 2.38. The van der Waals surface area contributed by atoms with Gasteiger partial charge in [-0.2, -0.15) is 0 Å². The molecule has 0 spiro atoms. The zero-order valence-electron chi connectivity index (χ0n) is 43.8. The number of rotatable bonds is 11. The molecule has 0 aromatic rings. The molecule has 0 unspecified atom stereocenters. The lowest BCUT2D eigenvalue weighted by molar-refractivity contribution is -0.266. The van der Waals surface area contributed by atoms with Crippen molar-refractivity contribution in [2.24, 2.45) is 35.5 Å². The second-order valence-electron chi connectivity index (χ2n) is 20.8. The molecule has 3 aliphatic heterocycles. The first-order valence-electron chi connectivity index (χ1n) is 26.1. The fourth-order valence-electron chi connectivity index (χ4n) is 10.5. The number of piperidine rings is 1. The van der Waals surface area contributed by atoms with E-state index in [1.54, 1.807) is 34.0 Å². The Morgan fingerprint density at radius 2 is 1.60 bits per heavy atom. The molecule has 4 rings (SSSR count). The standard InChI is InChI=1S/C55H87NO14/c1-11-25-67-26-27-68-46-32-42-22-20-40(8)55(64,70-42)52(61)53(62)56-24-16-15-19-43(56)54(63)69-47(37(5)30-41-21-23-44(57)48(31-41)65-9)33-45(58)36(4)29-39(7)50(60)51(66-10)49(59)38(6)28-34(2)17-13-12-14-18-35(46)3/h12-14,17-18,29,34,36-38,40-44,46-48,50-51,57,60,64H,11,15-16,19-28,30-33H2,1-10H3/b14-12+,17-13+,35-18+,39-29+/t34-,36-,37-,38-,40-,41+,42+,43+,44-,46-,47+,48-,50-,51+,55-/m1/s1. The predicted molar refractivity (Wildman–Crippen MR) is 265 cm³/mol. The molecule has 3 heterocycles. The van der Waals surface area contributed by atoms with Crippen molar-refractivity contribution in [3.63, 3.8) is 0 Å². The maximum Gasteiger partial charge on any atom is 0.329 e. The van der Waals surface area contributed by atoms with Gasteiger partial charge < -0.3 is 48.6 Å². The topological polar surface area (TPSA) is 205 Å². The average Bonchev–Trinajstić information content (AvgIpc) is 3.33. The number of Topliss-reactive ketones (excluding diaryl/α,β-unsaturated/α-hetero) is 3. The third-order valence-corrected chi connectivity index (χ3v) is 15.1. The average molecular weight is 986 g/mol. The SMILES string of the molecule is CCCOCCO[C@@H]1C[C@@H]2CC[C@@H](C)[C@@](O)(O2)C(=O)C(=O)N2CCCC[C@H]2C(=O)O[C@H]([C@H](C)C[C@@H]2CC[C@@H](O)[C@H](OC)C2)CC(=O)[C@H](C)/C=C(\C)[C@@H](O)[C@@H](OC)C(=O)[C@H](C)C[C@H](C)/C=C/C=C/C=C/1C. The molecule has 396 valence electrons. The third kappa shape index (κ3) is 16.6. The van der Waals surface area contributed by atoms with Gasteiger partial charge in [0.15, 0.2) is 5.78 Å². The summed E-state index contributed by atoms with van der Waals surface area (Å²) >= 11 is 0. The van der Waals surface area contributed by atoms with Crippen LogP contribution in [0.3, 0.4) is 0 Å². The lowest BCUT2D eigenvalue weighted by Gasteiger charge is -2.43. The van der Waals surface area contributed by atoms with Crippen molar-refractivity contribution in [3.05, 3.63) is 47.6 Å². The zero-order valence-corrected chi connectivity index (χ0v) is 43.8. The molecule has 15 nitrogen and oxygen atoms in total. The molecule has 1 saturated carbocycles. The van der Waals surface area contributed by atoms with Gasteiger partial charge in [0.2, 0.25) is 5.79 Å². The maximum absolute atomic E-state index is 14.5. The van der Waals surface area contributed by atoms with E-state index in [9.17, 15) is 39.3 Å². The number of esters is 1. The van der Waals surface area contributed by atoms with E-state index in [4.69, 9.17) is 28.4 Å². The van der Waals surface area contributed by atoms with Crippen LogP contribution in [0, 0.1) is 35.5 Å². The van der Waals surface area contributed by atoms with Crippen LogP contribution in [0.25, 0.3) is 0 Å². The van der Waals surface area contributed by atoms with E-state index in [2.05, 4.69) is 0 Å². The van der Waals surface area contributed by atoms with Gasteiger partial charge in [0.1, 0.15) is 30.1 Å². The molecule has 0 aromatic heterocycles. The first-order chi connectivity index (χ1) is 33.2. The van der Waals surface area contributed by atoms with Crippen molar-refractivity contribution >= 4 is 29.2 Å². The van der Waals surface area contributed by atoms with Crippen molar-refractivity contribution in [1.82, 2.24) is 4.90 Å². The summed E-state index contributed by atoms with van der Waals surface area (Å²) < 4.78 is 35.7. The predicted octanol–water partition coefficient (Wildman–Crippen LogP) is 6.98. The summed E-state index contributed by atoms with van der Waals surface area (Å²) in [6, 6.07) is -1.15. The van der Waals surface area contributed by atoms with Gasteiger partial charge in [-0.15, -0.1) is 0 Å². The van der Waals surface area contributed by atoms with E-state index in [1.807, 2.05) is 65.0 Å². The van der Waals surface area contributed by atoms with Gasteiger partial charge in [-0.25, -0.2) is 4.79 Å². The maximum atomic E-state index is 14.5. The van der Waals surface area contributed by atoms with Crippen LogP contribution in [0.1, 0.15) is 139 Å². The molecule has 3 fully saturated rings. The van der Waals surface area contributed by atoms with E-state index in [0.29, 0.717) is 76.8 Å². The number of hydrogen-bond acceptors (Lipinski definition) is 14. The summed E-state index contributed by atoms with van der Waals surface area (Å²) in [6.45, 7) is 16.1. The van der Waals surface area contributed by atoms with E-state index in [0.717, 1.165) is 18.4 Å². The summed E-state index contributed by atoms with van der Waals surface area (Å²) in [7, 11) is 2.95. The summed E-state index contributed by atoms with van der Waals surface area (Å²) in [5.41, 5.74) is 1.25. The minimum atomic E-state index is -2.46. The van der Waals surface area contributed by atoms with Crippen molar-refractivity contribution in [3.8, 4) is 0 Å².